The molecular formula is C22H29N3O3S. The number of nitrogens with one attached hydrogen (secondary N) is 1. The number of nitrogens with zero attached hydrogens (tertiary/aromatic N) is 2. The van der Waals surface area contributed by atoms with Gasteiger partial charge >= 0.3 is 0 Å². The summed E-state index contributed by atoms with van der Waals surface area (Å²) in [7, 11) is -3.52. The Morgan fingerprint density at radius 2 is 1.66 bits per heavy atom. The second-order valence-electron chi connectivity index (χ2n) is 7.55. The molecule has 2 aromatic rings. The lowest BCUT2D eigenvalue weighted by Crippen LogP contribution is -2.50. The Morgan fingerprint density at radius 3 is 2.28 bits per heavy atom. The van der Waals surface area contributed by atoms with Crippen molar-refractivity contribution in [3.63, 3.8) is 0 Å². The van der Waals surface area contributed by atoms with Crippen LogP contribution in [0.3, 0.4) is 0 Å². The van der Waals surface area contributed by atoms with Crippen molar-refractivity contribution in [1.82, 2.24) is 9.21 Å². The maximum absolute atomic E-state index is 13.0. The van der Waals surface area contributed by atoms with Crippen molar-refractivity contribution in [2.24, 2.45) is 0 Å². The molecule has 1 amide bonds. The summed E-state index contributed by atoms with van der Waals surface area (Å²) in [6.45, 7) is 7.90. The molecule has 1 saturated heterocycles. The summed E-state index contributed by atoms with van der Waals surface area (Å²) < 4.78 is 27.5. The maximum atomic E-state index is 13.0. The molecule has 1 aliphatic rings. The third kappa shape index (κ3) is 5.23. The average molecular weight is 416 g/mol. The van der Waals surface area contributed by atoms with Crippen LogP contribution in [-0.4, -0.2) is 56.3 Å². The zero-order valence-electron chi connectivity index (χ0n) is 17.3. The van der Waals surface area contributed by atoms with Crippen LogP contribution in [0.25, 0.3) is 0 Å². The zero-order valence-corrected chi connectivity index (χ0v) is 18.1. The number of hydrogen-bond donors (Lipinski definition) is 1. The summed E-state index contributed by atoms with van der Waals surface area (Å²) in [6, 6.07) is 13.3. The minimum Gasteiger partial charge on any atom is -0.325 e. The molecule has 6 nitrogen and oxygen atoms in total. The van der Waals surface area contributed by atoms with Crippen LogP contribution in [0.5, 0.6) is 0 Å². The highest BCUT2D eigenvalue weighted by molar-refractivity contribution is 7.89. The lowest BCUT2D eigenvalue weighted by molar-refractivity contribution is -0.117. The monoisotopic (exact) mass is 415 g/mol. The summed E-state index contributed by atoms with van der Waals surface area (Å²) >= 11 is 0. The summed E-state index contributed by atoms with van der Waals surface area (Å²) in [4.78, 5) is 14.7. The molecule has 2 aromatic carbocycles. The number of benzene rings is 2. The first kappa shape index (κ1) is 21.5. The fourth-order valence-corrected chi connectivity index (χ4v) is 5.21. The van der Waals surface area contributed by atoms with E-state index in [0.717, 1.165) is 23.2 Å². The summed E-state index contributed by atoms with van der Waals surface area (Å²) in [6.07, 6.45) is 0.962. The molecule has 29 heavy (non-hydrogen) atoms. The van der Waals surface area contributed by atoms with Crippen molar-refractivity contribution < 1.29 is 13.2 Å². The summed E-state index contributed by atoms with van der Waals surface area (Å²) in [5.41, 5.74) is 3.69. The van der Waals surface area contributed by atoms with Crippen LogP contribution < -0.4 is 5.32 Å². The number of aryl methyl sites for hydroxylation is 3. The Morgan fingerprint density at radius 1 is 1.00 bits per heavy atom. The first-order valence-electron chi connectivity index (χ1n) is 9.98. The molecule has 156 valence electrons. The fourth-order valence-electron chi connectivity index (χ4n) is 3.48. The van der Waals surface area contributed by atoms with Crippen LogP contribution in [0, 0.1) is 13.8 Å². The Balaban J connectivity index is 1.55. The standard InChI is InChI=1S/C22H29N3O3S/c1-4-19-7-9-20(10-8-19)23-22(26)16-24-11-13-25(14-12-24)29(27,28)21-15-17(2)5-6-18(21)3/h5-10,15H,4,11-14,16H2,1-3H3,(H,23,26). The average Bonchev–Trinajstić information content (AvgIpc) is 2.70. The van der Waals surface area contributed by atoms with E-state index in [4.69, 9.17) is 0 Å². The highest BCUT2D eigenvalue weighted by Crippen LogP contribution is 2.22. The van der Waals surface area contributed by atoms with Crippen LogP contribution >= 0.6 is 0 Å². The molecule has 7 heteroatoms. The van der Waals surface area contributed by atoms with Gasteiger partial charge in [0.15, 0.2) is 0 Å². The molecule has 0 aromatic heterocycles. The second kappa shape index (κ2) is 9.07. The number of amides is 1. The van der Waals surface area contributed by atoms with Gasteiger partial charge in [0.1, 0.15) is 0 Å². The normalized spacial score (nSPS) is 16.0. The molecule has 1 N–H and O–H groups in total. The van der Waals surface area contributed by atoms with Gasteiger partial charge in [0, 0.05) is 31.9 Å². The van der Waals surface area contributed by atoms with Gasteiger partial charge in [-0.3, -0.25) is 9.69 Å². The molecule has 0 unspecified atom stereocenters. The largest absolute Gasteiger partial charge is 0.325 e. The van der Waals surface area contributed by atoms with E-state index in [1.165, 1.54) is 9.87 Å². The first-order valence-corrected chi connectivity index (χ1v) is 11.4. The van der Waals surface area contributed by atoms with Gasteiger partial charge in [-0.1, -0.05) is 31.2 Å². The third-order valence-corrected chi connectivity index (χ3v) is 7.35. The Labute approximate surface area is 173 Å². The van der Waals surface area contributed by atoms with E-state index in [1.807, 2.05) is 55.1 Å². The third-order valence-electron chi connectivity index (χ3n) is 5.31. The van der Waals surface area contributed by atoms with Gasteiger partial charge in [-0.2, -0.15) is 4.31 Å². The van der Waals surface area contributed by atoms with E-state index >= 15 is 0 Å². The highest BCUT2D eigenvalue weighted by atomic mass is 32.2. The molecule has 0 atom stereocenters. The number of hydrogen-bond acceptors (Lipinski definition) is 4. The Bertz CT molecular complexity index is 963. The molecule has 0 spiro atoms. The van der Waals surface area contributed by atoms with Gasteiger partial charge in [-0.05, 0) is 55.2 Å². The number of carbonyl (C=O) groups excluding carboxylic acids is 1. The molecule has 0 aliphatic carbocycles. The number of rotatable bonds is 6. The van der Waals surface area contributed by atoms with Crippen LogP contribution in [-0.2, 0) is 21.2 Å². The topological polar surface area (TPSA) is 69.7 Å². The van der Waals surface area contributed by atoms with E-state index in [0.29, 0.717) is 31.1 Å². The van der Waals surface area contributed by atoms with E-state index in [9.17, 15) is 13.2 Å². The molecule has 3 rings (SSSR count). The van der Waals surface area contributed by atoms with Gasteiger partial charge in [0.25, 0.3) is 0 Å². The van der Waals surface area contributed by atoms with Gasteiger partial charge in [0.05, 0.1) is 11.4 Å². The molecule has 1 aliphatic heterocycles. The summed E-state index contributed by atoms with van der Waals surface area (Å²) in [5.74, 6) is -0.0833. The number of sulfonamides is 1. The van der Waals surface area contributed by atoms with Crippen LogP contribution in [0.15, 0.2) is 47.4 Å². The van der Waals surface area contributed by atoms with Crippen molar-refractivity contribution in [3.8, 4) is 0 Å². The molecular weight excluding hydrogens is 386 g/mol. The SMILES string of the molecule is CCc1ccc(NC(=O)CN2CCN(S(=O)(=O)c3cc(C)ccc3C)CC2)cc1. The van der Waals surface area contributed by atoms with E-state index in [-0.39, 0.29) is 12.5 Å². The number of carbonyl (C=O) groups is 1. The molecule has 0 saturated carbocycles. The van der Waals surface area contributed by atoms with Crippen molar-refractivity contribution in [2.75, 3.05) is 38.0 Å². The molecule has 1 heterocycles. The number of piperazine rings is 1. The van der Waals surface area contributed by atoms with Crippen LogP contribution in [0.2, 0.25) is 0 Å². The first-order chi connectivity index (χ1) is 13.8. The van der Waals surface area contributed by atoms with Crippen LogP contribution in [0.1, 0.15) is 23.6 Å². The van der Waals surface area contributed by atoms with Crippen molar-refractivity contribution in [1.29, 1.82) is 0 Å². The highest BCUT2D eigenvalue weighted by Gasteiger charge is 2.30. The quantitative estimate of drug-likeness (QED) is 0.788. The Hall–Kier alpha value is -2.22. The predicted octanol–water partition coefficient (Wildman–Crippen LogP) is 2.81. The summed E-state index contributed by atoms with van der Waals surface area (Å²) in [5, 5.41) is 2.91. The Kier molecular flexibility index (Phi) is 6.72. The van der Waals surface area contributed by atoms with Gasteiger partial charge in [-0.15, -0.1) is 0 Å². The van der Waals surface area contributed by atoms with Crippen molar-refractivity contribution in [2.45, 2.75) is 32.1 Å². The van der Waals surface area contributed by atoms with Crippen molar-refractivity contribution >= 4 is 21.6 Å². The van der Waals surface area contributed by atoms with Crippen LogP contribution in [0.4, 0.5) is 5.69 Å². The van der Waals surface area contributed by atoms with E-state index < -0.39 is 10.0 Å². The van der Waals surface area contributed by atoms with Crippen molar-refractivity contribution in [3.05, 3.63) is 59.2 Å². The molecule has 0 bridgehead atoms. The minimum atomic E-state index is -3.52. The molecule has 1 fully saturated rings. The zero-order chi connectivity index (χ0) is 21.0. The lowest BCUT2D eigenvalue weighted by Gasteiger charge is -2.33. The molecule has 0 radical (unpaired) electrons. The van der Waals surface area contributed by atoms with Gasteiger partial charge in [-0.25, -0.2) is 8.42 Å². The van der Waals surface area contributed by atoms with E-state index in [2.05, 4.69) is 12.2 Å². The maximum Gasteiger partial charge on any atom is 0.243 e. The predicted molar refractivity (Wildman–Crippen MR) is 116 cm³/mol. The van der Waals surface area contributed by atoms with E-state index in [1.54, 1.807) is 6.07 Å². The minimum absolute atomic E-state index is 0.0833. The smallest absolute Gasteiger partial charge is 0.243 e. The fraction of sp³-hybridized carbons (Fsp3) is 0.409. The number of anilines is 1. The lowest BCUT2D eigenvalue weighted by atomic mass is 10.1. The van der Waals surface area contributed by atoms with Gasteiger partial charge in [0.2, 0.25) is 15.9 Å². The van der Waals surface area contributed by atoms with Gasteiger partial charge < -0.3 is 5.32 Å². The second-order valence-corrected chi connectivity index (χ2v) is 9.45.